The number of para-hydroxylation sites is 1. The first-order valence-corrected chi connectivity index (χ1v) is 12.0. The van der Waals surface area contributed by atoms with Crippen LogP contribution < -0.4 is 0 Å². The maximum Gasteiger partial charge on any atom is 0.0703 e. The number of fused-ring (bicyclic) bond motifs is 7. The molecule has 0 bridgehead atoms. The molecule has 0 radical (unpaired) electrons. The number of benzene rings is 5. The predicted molar refractivity (Wildman–Crippen MR) is 146 cm³/mol. The number of hydrogen-bond acceptors (Lipinski definition) is 1. The zero-order valence-corrected chi connectivity index (χ0v) is 18.9. The van der Waals surface area contributed by atoms with Crippen LogP contribution in [0.4, 0.5) is 0 Å². The molecule has 0 spiro atoms. The second kappa shape index (κ2) is 6.91. The van der Waals surface area contributed by atoms with Crippen LogP contribution in [-0.4, -0.2) is 9.55 Å². The fourth-order valence-electron chi connectivity index (χ4n) is 5.91. The summed E-state index contributed by atoms with van der Waals surface area (Å²) in [5, 5.41) is 5.25. The minimum atomic E-state index is 0.984. The summed E-state index contributed by atoms with van der Waals surface area (Å²) in [6, 6.07) is 41.3. The molecule has 0 saturated heterocycles. The zero-order valence-electron chi connectivity index (χ0n) is 18.9. The summed E-state index contributed by atoms with van der Waals surface area (Å²) in [6.07, 6.45) is 2.00. The van der Waals surface area contributed by atoms with E-state index in [1.165, 1.54) is 54.8 Å². The van der Waals surface area contributed by atoms with E-state index in [4.69, 9.17) is 4.98 Å². The van der Waals surface area contributed by atoms with E-state index in [0.717, 1.165) is 16.9 Å². The topological polar surface area (TPSA) is 17.8 Å². The molecule has 0 unspecified atom stereocenters. The van der Waals surface area contributed by atoms with Crippen molar-refractivity contribution < 1.29 is 0 Å². The minimum absolute atomic E-state index is 0.984. The van der Waals surface area contributed by atoms with Gasteiger partial charge in [0.1, 0.15) is 0 Å². The van der Waals surface area contributed by atoms with Gasteiger partial charge in [-0.15, -0.1) is 0 Å². The lowest BCUT2D eigenvalue weighted by atomic mass is 9.98. The van der Waals surface area contributed by atoms with Crippen molar-refractivity contribution >= 4 is 32.6 Å². The van der Waals surface area contributed by atoms with Crippen LogP contribution in [0.3, 0.4) is 0 Å². The number of hydrogen-bond donors (Lipinski definition) is 0. The Labute approximate surface area is 202 Å². The summed E-state index contributed by atoms with van der Waals surface area (Å²) < 4.78 is 2.36. The highest BCUT2D eigenvalue weighted by Gasteiger charge is 2.26. The summed E-state index contributed by atoms with van der Waals surface area (Å²) in [6.45, 7) is 0. The molecule has 8 rings (SSSR count). The maximum atomic E-state index is 4.83. The van der Waals surface area contributed by atoms with Gasteiger partial charge >= 0.3 is 0 Å². The Morgan fingerprint density at radius 2 is 1.31 bits per heavy atom. The Hall–Kier alpha value is -4.69. The third-order valence-electron chi connectivity index (χ3n) is 7.38. The SMILES string of the molecule is c1ccc(-c2ccc(-n3c4ccccc4c4c5c(ccc43)-c3cccc4cccc-5c34)cn2)cc1. The van der Waals surface area contributed by atoms with Crippen molar-refractivity contribution in [3.63, 3.8) is 0 Å². The second-order valence-electron chi connectivity index (χ2n) is 9.21. The fraction of sp³-hybridized carbons (Fsp3) is 0. The van der Waals surface area contributed by atoms with Gasteiger partial charge in [0.2, 0.25) is 0 Å². The van der Waals surface area contributed by atoms with Gasteiger partial charge in [-0.1, -0.05) is 91.0 Å². The molecule has 1 aliphatic rings. The molecule has 0 saturated carbocycles. The molecule has 0 amide bonds. The smallest absolute Gasteiger partial charge is 0.0703 e. The average molecular weight is 445 g/mol. The van der Waals surface area contributed by atoms with Crippen molar-refractivity contribution in [2.45, 2.75) is 0 Å². The van der Waals surface area contributed by atoms with E-state index in [1.807, 2.05) is 12.3 Å². The normalized spacial score (nSPS) is 12.0. The van der Waals surface area contributed by atoms with Gasteiger partial charge < -0.3 is 4.57 Å². The molecule has 7 aromatic rings. The van der Waals surface area contributed by atoms with Gasteiger partial charge in [0.05, 0.1) is 28.6 Å². The molecule has 5 aromatic carbocycles. The van der Waals surface area contributed by atoms with E-state index in [0.29, 0.717) is 0 Å². The Kier molecular flexibility index (Phi) is 3.69. The molecule has 0 aliphatic heterocycles. The van der Waals surface area contributed by atoms with Crippen molar-refractivity contribution in [1.29, 1.82) is 0 Å². The van der Waals surface area contributed by atoms with Crippen LogP contribution in [0.5, 0.6) is 0 Å². The Morgan fingerprint density at radius 3 is 2.14 bits per heavy atom. The summed E-state index contributed by atoms with van der Waals surface area (Å²) in [7, 11) is 0. The largest absolute Gasteiger partial charge is 0.308 e. The molecule has 162 valence electrons. The monoisotopic (exact) mass is 444 g/mol. The van der Waals surface area contributed by atoms with Crippen LogP contribution in [0.2, 0.25) is 0 Å². The Bertz CT molecular complexity index is 1920. The second-order valence-corrected chi connectivity index (χ2v) is 9.21. The third kappa shape index (κ3) is 2.51. The quantitative estimate of drug-likeness (QED) is 0.261. The van der Waals surface area contributed by atoms with Crippen molar-refractivity contribution in [1.82, 2.24) is 9.55 Å². The average Bonchev–Trinajstić information content (AvgIpc) is 3.44. The Balaban J connectivity index is 1.43. The lowest BCUT2D eigenvalue weighted by Crippen LogP contribution is -1.95. The van der Waals surface area contributed by atoms with Gasteiger partial charge in [-0.3, -0.25) is 4.98 Å². The molecule has 0 N–H and O–H groups in total. The lowest BCUT2D eigenvalue weighted by Gasteiger charge is -2.10. The molecule has 2 heteroatoms. The summed E-state index contributed by atoms with van der Waals surface area (Å²) >= 11 is 0. The van der Waals surface area contributed by atoms with Gasteiger partial charge in [0.25, 0.3) is 0 Å². The minimum Gasteiger partial charge on any atom is -0.308 e. The lowest BCUT2D eigenvalue weighted by molar-refractivity contribution is 1.14. The molecule has 2 aromatic heterocycles. The highest BCUT2D eigenvalue weighted by atomic mass is 15.0. The van der Waals surface area contributed by atoms with E-state index in [1.54, 1.807) is 0 Å². The van der Waals surface area contributed by atoms with Crippen molar-refractivity contribution in [2.24, 2.45) is 0 Å². The first-order valence-electron chi connectivity index (χ1n) is 12.0. The van der Waals surface area contributed by atoms with Crippen LogP contribution in [0.1, 0.15) is 0 Å². The van der Waals surface area contributed by atoms with Crippen LogP contribution in [0.15, 0.2) is 121 Å². The predicted octanol–water partition coefficient (Wildman–Crippen LogP) is 8.65. The summed E-state index contributed by atoms with van der Waals surface area (Å²) in [5.74, 6) is 0. The van der Waals surface area contributed by atoms with E-state index >= 15 is 0 Å². The van der Waals surface area contributed by atoms with Crippen molar-refractivity contribution in [3.8, 4) is 39.2 Å². The van der Waals surface area contributed by atoms with Crippen LogP contribution >= 0.6 is 0 Å². The molecule has 2 nitrogen and oxygen atoms in total. The van der Waals surface area contributed by atoms with Crippen LogP contribution in [0, 0.1) is 0 Å². The first kappa shape index (κ1) is 18.7. The van der Waals surface area contributed by atoms with Crippen molar-refractivity contribution in [3.05, 3.63) is 121 Å². The van der Waals surface area contributed by atoms with Crippen LogP contribution in [-0.2, 0) is 0 Å². The maximum absolute atomic E-state index is 4.83. The first-order chi connectivity index (χ1) is 17.4. The van der Waals surface area contributed by atoms with E-state index in [2.05, 4.69) is 114 Å². The summed E-state index contributed by atoms with van der Waals surface area (Å²) in [4.78, 5) is 4.83. The number of nitrogens with zero attached hydrogens (tertiary/aromatic N) is 2. The molecule has 0 atom stereocenters. The van der Waals surface area contributed by atoms with Crippen LogP contribution in [0.25, 0.3) is 71.8 Å². The third-order valence-corrected chi connectivity index (χ3v) is 7.38. The number of rotatable bonds is 2. The molecule has 0 fully saturated rings. The number of pyridine rings is 1. The summed E-state index contributed by atoms with van der Waals surface area (Å²) in [5.41, 5.74) is 10.9. The van der Waals surface area contributed by atoms with E-state index in [9.17, 15) is 0 Å². The van der Waals surface area contributed by atoms with E-state index < -0.39 is 0 Å². The van der Waals surface area contributed by atoms with Gasteiger partial charge in [-0.2, -0.15) is 0 Å². The number of aromatic nitrogens is 2. The van der Waals surface area contributed by atoms with Crippen molar-refractivity contribution in [2.75, 3.05) is 0 Å². The molecule has 35 heavy (non-hydrogen) atoms. The van der Waals surface area contributed by atoms with E-state index in [-0.39, 0.29) is 0 Å². The molecule has 2 heterocycles. The van der Waals surface area contributed by atoms with Gasteiger partial charge in [-0.05, 0) is 51.7 Å². The highest BCUT2D eigenvalue weighted by molar-refractivity contribution is 6.26. The zero-order chi connectivity index (χ0) is 22.9. The Morgan fingerprint density at radius 1 is 0.514 bits per heavy atom. The molecule has 1 aliphatic carbocycles. The van der Waals surface area contributed by atoms with Gasteiger partial charge in [0.15, 0.2) is 0 Å². The molecular formula is C33H20N2. The highest BCUT2D eigenvalue weighted by Crippen LogP contribution is 2.52. The van der Waals surface area contributed by atoms with Gasteiger partial charge in [0, 0.05) is 21.9 Å². The standard InChI is InChI=1S/C33H20N2/c1-2-8-21(9-3-1)28-18-16-23(20-34-28)35-29-15-5-4-12-26(29)33-30(35)19-17-25-24-13-6-10-22-11-7-14-27(31(22)24)32(25)33/h1-20H. The molecular weight excluding hydrogens is 424 g/mol. The van der Waals surface area contributed by atoms with Gasteiger partial charge in [-0.25, -0.2) is 0 Å². The fourth-order valence-corrected chi connectivity index (χ4v) is 5.91.